The Kier molecular flexibility index (Phi) is 3.17. The zero-order valence-corrected chi connectivity index (χ0v) is 11.0. The number of rotatable bonds is 4. The number of halogens is 1. The lowest BCUT2D eigenvalue weighted by Crippen LogP contribution is -2.36. The van der Waals surface area contributed by atoms with Crippen LogP contribution in [0.5, 0.6) is 0 Å². The SMILES string of the molecule is CCC(C)NC1(c2ccccc2Br)CC1. The Morgan fingerprint density at radius 3 is 2.60 bits per heavy atom. The first-order valence-corrected chi connectivity index (χ1v) is 6.50. The second-order valence-electron chi connectivity index (χ2n) is 4.52. The Morgan fingerprint density at radius 1 is 1.40 bits per heavy atom. The van der Waals surface area contributed by atoms with E-state index in [1.165, 1.54) is 29.3 Å². The van der Waals surface area contributed by atoms with E-state index >= 15 is 0 Å². The molecule has 1 fully saturated rings. The zero-order chi connectivity index (χ0) is 10.9. The lowest BCUT2D eigenvalue weighted by molar-refractivity contribution is 0.430. The summed E-state index contributed by atoms with van der Waals surface area (Å²) in [6, 6.07) is 9.16. The monoisotopic (exact) mass is 267 g/mol. The van der Waals surface area contributed by atoms with E-state index in [1.54, 1.807) is 0 Å². The third kappa shape index (κ3) is 2.26. The van der Waals surface area contributed by atoms with E-state index in [1.807, 2.05) is 0 Å². The third-order valence-electron chi connectivity index (χ3n) is 3.27. The van der Waals surface area contributed by atoms with Gasteiger partial charge in [0.15, 0.2) is 0 Å². The normalized spacial score (nSPS) is 19.9. The molecule has 0 amide bonds. The van der Waals surface area contributed by atoms with E-state index in [4.69, 9.17) is 0 Å². The largest absolute Gasteiger partial charge is 0.305 e. The van der Waals surface area contributed by atoms with E-state index in [-0.39, 0.29) is 5.54 Å². The molecule has 0 radical (unpaired) electrons. The van der Waals surface area contributed by atoms with Crippen molar-refractivity contribution in [2.45, 2.75) is 44.7 Å². The van der Waals surface area contributed by atoms with Crippen LogP contribution in [0.3, 0.4) is 0 Å². The molecule has 0 heterocycles. The van der Waals surface area contributed by atoms with Crippen molar-refractivity contribution in [1.29, 1.82) is 0 Å². The molecule has 0 bridgehead atoms. The summed E-state index contributed by atoms with van der Waals surface area (Å²) in [7, 11) is 0. The van der Waals surface area contributed by atoms with Crippen LogP contribution in [-0.2, 0) is 5.54 Å². The van der Waals surface area contributed by atoms with Gasteiger partial charge in [-0.2, -0.15) is 0 Å². The zero-order valence-electron chi connectivity index (χ0n) is 9.39. The molecule has 1 aromatic carbocycles. The minimum Gasteiger partial charge on any atom is -0.305 e. The van der Waals surface area contributed by atoms with E-state index < -0.39 is 0 Å². The summed E-state index contributed by atoms with van der Waals surface area (Å²) in [6.07, 6.45) is 3.71. The summed E-state index contributed by atoms with van der Waals surface area (Å²) in [5.41, 5.74) is 1.68. The number of benzene rings is 1. The highest BCUT2D eigenvalue weighted by molar-refractivity contribution is 9.10. The van der Waals surface area contributed by atoms with Crippen molar-refractivity contribution < 1.29 is 0 Å². The Morgan fingerprint density at radius 2 is 2.07 bits per heavy atom. The predicted molar refractivity (Wildman–Crippen MR) is 67.9 cm³/mol. The van der Waals surface area contributed by atoms with Gasteiger partial charge in [0.2, 0.25) is 0 Å². The van der Waals surface area contributed by atoms with Gasteiger partial charge < -0.3 is 5.32 Å². The van der Waals surface area contributed by atoms with Gasteiger partial charge in [0.1, 0.15) is 0 Å². The summed E-state index contributed by atoms with van der Waals surface area (Å²) >= 11 is 3.64. The van der Waals surface area contributed by atoms with E-state index in [0.29, 0.717) is 6.04 Å². The Bertz CT molecular complexity index is 344. The van der Waals surface area contributed by atoms with Crippen LogP contribution in [0, 0.1) is 0 Å². The van der Waals surface area contributed by atoms with Gasteiger partial charge in [-0.1, -0.05) is 41.1 Å². The molecule has 1 N–H and O–H groups in total. The molecule has 82 valence electrons. The summed E-state index contributed by atoms with van der Waals surface area (Å²) < 4.78 is 1.23. The molecule has 1 nitrogen and oxygen atoms in total. The lowest BCUT2D eigenvalue weighted by atomic mass is 10.0. The number of hydrogen-bond donors (Lipinski definition) is 1. The molecule has 1 unspecified atom stereocenters. The predicted octanol–water partition coefficient (Wildman–Crippen LogP) is 3.83. The van der Waals surface area contributed by atoms with Crippen LogP contribution in [0.15, 0.2) is 28.7 Å². The second kappa shape index (κ2) is 4.26. The van der Waals surface area contributed by atoms with Crippen LogP contribution in [0.4, 0.5) is 0 Å². The molecule has 1 aliphatic carbocycles. The minimum absolute atomic E-state index is 0.259. The van der Waals surface area contributed by atoms with Crippen molar-refractivity contribution in [3.8, 4) is 0 Å². The van der Waals surface area contributed by atoms with Crippen LogP contribution >= 0.6 is 15.9 Å². The molecule has 0 spiro atoms. The lowest BCUT2D eigenvalue weighted by Gasteiger charge is -2.23. The molecular formula is C13H18BrN. The molecule has 2 heteroatoms. The van der Waals surface area contributed by atoms with Gasteiger partial charge in [0.05, 0.1) is 0 Å². The third-order valence-corrected chi connectivity index (χ3v) is 3.97. The van der Waals surface area contributed by atoms with Gasteiger partial charge in [0, 0.05) is 16.1 Å². The second-order valence-corrected chi connectivity index (χ2v) is 5.37. The Balaban J connectivity index is 2.19. The van der Waals surface area contributed by atoms with Crippen molar-refractivity contribution in [1.82, 2.24) is 5.32 Å². The summed E-state index contributed by atoms with van der Waals surface area (Å²) in [4.78, 5) is 0. The smallest absolute Gasteiger partial charge is 0.0449 e. The molecule has 15 heavy (non-hydrogen) atoms. The van der Waals surface area contributed by atoms with Gasteiger partial charge in [-0.15, -0.1) is 0 Å². The fourth-order valence-electron chi connectivity index (χ4n) is 2.04. The first kappa shape index (κ1) is 11.2. The van der Waals surface area contributed by atoms with Crippen LogP contribution in [0.1, 0.15) is 38.7 Å². The van der Waals surface area contributed by atoms with Crippen molar-refractivity contribution in [2.24, 2.45) is 0 Å². The molecule has 1 atom stereocenters. The highest BCUT2D eigenvalue weighted by Crippen LogP contribution is 2.48. The molecule has 1 saturated carbocycles. The van der Waals surface area contributed by atoms with E-state index in [9.17, 15) is 0 Å². The number of nitrogens with one attached hydrogen (secondary N) is 1. The van der Waals surface area contributed by atoms with Crippen LogP contribution < -0.4 is 5.32 Å². The van der Waals surface area contributed by atoms with Crippen molar-refractivity contribution >= 4 is 15.9 Å². The summed E-state index contributed by atoms with van der Waals surface area (Å²) in [5, 5.41) is 3.74. The topological polar surface area (TPSA) is 12.0 Å². The maximum Gasteiger partial charge on any atom is 0.0449 e. The van der Waals surface area contributed by atoms with Crippen LogP contribution in [-0.4, -0.2) is 6.04 Å². The van der Waals surface area contributed by atoms with Gasteiger partial charge in [-0.05, 0) is 37.8 Å². The first-order valence-electron chi connectivity index (χ1n) is 5.70. The molecular weight excluding hydrogens is 250 g/mol. The summed E-state index contributed by atoms with van der Waals surface area (Å²) in [6.45, 7) is 4.49. The van der Waals surface area contributed by atoms with Crippen molar-refractivity contribution in [2.75, 3.05) is 0 Å². The minimum atomic E-state index is 0.259. The molecule has 0 saturated heterocycles. The maximum atomic E-state index is 3.74. The molecule has 0 aromatic heterocycles. The maximum absolute atomic E-state index is 3.74. The highest BCUT2D eigenvalue weighted by Gasteiger charge is 2.45. The molecule has 2 rings (SSSR count). The van der Waals surface area contributed by atoms with Crippen molar-refractivity contribution in [3.05, 3.63) is 34.3 Å². The fourth-order valence-corrected chi connectivity index (χ4v) is 2.70. The van der Waals surface area contributed by atoms with Gasteiger partial charge >= 0.3 is 0 Å². The van der Waals surface area contributed by atoms with Crippen molar-refractivity contribution in [3.63, 3.8) is 0 Å². The van der Waals surface area contributed by atoms with Gasteiger partial charge in [-0.3, -0.25) is 0 Å². The van der Waals surface area contributed by atoms with Gasteiger partial charge in [0.25, 0.3) is 0 Å². The fraction of sp³-hybridized carbons (Fsp3) is 0.538. The van der Waals surface area contributed by atoms with Crippen LogP contribution in [0.25, 0.3) is 0 Å². The quantitative estimate of drug-likeness (QED) is 0.875. The first-order chi connectivity index (χ1) is 7.18. The highest BCUT2D eigenvalue weighted by atomic mass is 79.9. The molecule has 0 aliphatic heterocycles. The van der Waals surface area contributed by atoms with Crippen LogP contribution in [0.2, 0.25) is 0 Å². The number of hydrogen-bond acceptors (Lipinski definition) is 1. The Labute approximate surface area is 100 Å². The standard InChI is InChI=1S/C13H18BrN/c1-3-10(2)15-13(8-9-13)11-6-4-5-7-12(11)14/h4-7,10,15H,3,8-9H2,1-2H3. The average molecular weight is 268 g/mol. The van der Waals surface area contributed by atoms with Gasteiger partial charge in [-0.25, -0.2) is 0 Å². The molecule has 1 aliphatic rings. The van der Waals surface area contributed by atoms with E-state index in [0.717, 1.165) is 0 Å². The summed E-state index contributed by atoms with van der Waals surface area (Å²) in [5.74, 6) is 0. The van der Waals surface area contributed by atoms with E-state index in [2.05, 4.69) is 59.4 Å². The average Bonchev–Trinajstić information content (AvgIpc) is 2.99. The Hall–Kier alpha value is -0.340. The molecule has 1 aromatic rings.